The minimum atomic E-state index is -1.66. The number of rotatable bonds is 50. The van der Waals surface area contributed by atoms with Crippen molar-refractivity contribution in [2.45, 2.75) is 332 Å². The lowest BCUT2D eigenvalue weighted by atomic mass is 9.98. The molecule has 0 saturated carbocycles. The van der Waals surface area contributed by atoms with Gasteiger partial charge in [-0.05, 0) is 38.5 Å². The summed E-state index contributed by atoms with van der Waals surface area (Å²) in [6.07, 6.45) is 42.8. The van der Waals surface area contributed by atoms with E-state index in [-0.39, 0.29) is 6.42 Å². The number of unbranched alkanes of at least 4 members (excludes halogenated alkanes) is 36. The quantitative estimate of drug-likeness (QED) is 0.0215. The van der Waals surface area contributed by atoms with Crippen molar-refractivity contribution in [3.8, 4) is 0 Å². The summed E-state index contributed by atoms with van der Waals surface area (Å²) in [7, 11) is 0. The topological polar surface area (TPSA) is 189 Å². The first-order valence-electron chi connectivity index (χ1n) is 29.1. The van der Waals surface area contributed by atoms with Crippen LogP contribution in [0.1, 0.15) is 277 Å². The molecule has 0 aliphatic carbocycles. The van der Waals surface area contributed by atoms with Crippen LogP contribution in [0.5, 0.6) is 0 Å². The first-order valence-corrected chi connectivity index (χ1v) is 29.1. The van der Waals surface area contributed by atoms with E-state index in [1.165, 1.54) is 199 Å². The summed E-state index contributed by atoms with van der Waals surface area (Å²) in [6.45, 7) is 3.47. The highest BCUT2D eigenvalue weighted by Gasteiger charge is 2.44. The molecule has 68 heavy (non-hydrogen) atoms. The minimum absolute atomic E-state index is 0.263. The molecule has 1 amide bonds. The van der Waals surface area contributed by atoms with Gasteiger partial charge in [0.1, 0.15) is 36.6 Å². The van der Waals surface area contributed by atoms with Gasteiger partial charge >= 0.3 is 0 Å². The van der Waals surface area contributed by atoms with Crippen molar-refractivity contribution >= 4 is 5.91 Å². The lowest BCUT2D eigenvalue weighted by Gasteiger charge is -2.40. The Morgan fingerprint density at radius 1 is 0.500 bits per heavy atom. The van der Waals surface area contributed by atoms with Crippen LogP contribution in [0.3, 0.4) is 0 Å². The standard InChI is InChI=1S/C57H111NO10/c1-3-5-7-9-11-13-15-17-18-19-20-21-22-23-24-25-26-27-28-29-30-31-32-33-35-37-39-41-43-45-50(61)56(66)58-48(47-67-57-55(65)54(64)53(63)51(46-59)68-57)52(62)49(60)44-42-40-38-36-34-16-14-12-10-8-6-4-2/h23-24,48-55,57,59-65H,3-22,25-47H2,1-2H3,(H,58,66)/b24-23-. The molecule has 0 aromatic heterocycles. The zero-order valence-electron chi connectivity index (χ0n) is 44.1. The molecule has 0 aromatic carbocycles. The van der Waals surface area contributed by atoms with Crippen molar-refractivity contribution in [3.05, 3.63) is 12.2 Å². The molecular formula is C57H111NO10. The molecule has 1 heterocycles. The maximum absolute atomic E-state index is 13.2. The van der Waals surface area contributed by atoms with Crippen molar-refractivity contribution in [2.75, 3.05) is 13.2 Å². The second-order valence-corrected chi connectivity index (χ2v) is 20.7. The van der Waals surface area contributed by atoms with Gasteiger partial charge in [0.15, 0.2) is 6.29 Å². The molecule has 0 spiro atoms. The fourth-order valence-electron chi connectivity index (χ4n) is 9.56. The molecule has 0 aromatic rings. The van der Waals surface area contributed by atoms with Crippen LogP contribution in [0.4, 0.5) is 0 Å². The van der Waals surface area contributed by atoms with E-state index in [2.05, 4.69) is 31.3 Å². The first kappa shape index (κ1) is 64.9. The number of allylic oxidation sites excluding steroid dienone is 2. The number of amides is 1. The summed E-state index contributed by atoms with van der Waals surface area (Å²) in [5.74, 6) is -0.693. The molecule has 404 valence electrons. The van der Waals surface area contributed by atoms with Gasteiger partial charge < -0.3 is 50.5 Å². The maximum Gasteiger partial charge on any atom is 0.249 e. The maximum atomic E-state index is 13.2. The van der Waals surface area contributed by atoms with E-state index in [1.54, 1.807) is 0 Å². The molecule has 0 bridgehead atoms. The van der Waals surface area contributed by atoms with Crippen LogP contribution in [0.25, 0.3) is 0 Å². The zero-order chi connectivity index (χ0) is 49.7. The number of ether oxygens (including phenoxy) is 2. The van der Waals surface area contributed by atoms with E-state index in [9.17, 15) is 40.5 Å². The number of carbonyl (C=O) groups is 1. The SMILES string of the molecule is CCCCCCCCCCCCCC/C=C\CCCCCCCCCCCCCCCC(O)C(=O)NC(COC1OC(CO)C(O)C(O)C1O)C(O)C(O)CCCCCCCCCCCCCC. The van der Waals surface area contributed by atoms with Gasteiger partial charge in [-0.2, -0.15) is 0 Å². The number of carbonyl (C=O) groups excluding carboxylic acids is 1. The highest BCUT2D eigenvalue weighted by Crippen LogP contribution is 2.23. The van der Waals surface area contributed by atoms with E-state index in [0.29, 0.717) is 19.3 Å². The molecule has 11 nitrogen and oxygen atoms in total. The monoisotopic (exact) mass is 970 g/mol. The Labute approximate surface area is 417 Å². The van der Waals surface area contributed by atoms with Crippen LogP contribution >= 0.6 is 0 Å². The highest BCUT2D eigenvalue weighted by atomic mass is 16.7. The summed E-state index contributed by atoms with van der Waals surface area (Å²) in [6, 6.07) is -1.16. The molecule has 8 N–H and O–H groups in total. The van der Waals surface area contributed by atoms with E-state index >= 15 is 0 Å². The Morgan fingerprint density at radius 3 is 1.24 bits per heavy atom. The molecule has 1 rings (SSSR count). The molecule has 1 fully saturated rings. The van der Waals surface area contributed by atoms with E-state index in [4.69, 9.17) is 9.47 Å². The lowest BCUT2D eigenvalue weighted by molar-refractivity contribution is -0.303. The van der Waals surface area contributed by atoms with Gasteiger partial charge in [0.05, 0.1) is 25.4 Å². The van der Waals surface area contributed by atoms with Gasteiger partial charge in [-0.25, -0.2) is 0 Å². The second-order valence-electron chi connectivity index (χ2n) is 20.7. The minimum Gasteiger partial charge on any atom is -0.394 e. The third kappa shape index (κ3) is 35.1. The number of hydrogen-bond donors (Lipinski definition) is 8. The van der Waals surface area contributed by atoms with Crippen LogP contribution in [0, 0.1) is 0 Å². The number of aliphatic hydroxyl groups excluding tert-OH is 7. The smallest absolute Gasteiger partial charge is 0.249 e. The third-order valence-electron chi connectivity index (χ3n) is 14.3. The Hall–Kier alpha value is -1.15. The van der Waals surface area contributed by atoms with Gasteiger partial charge in [0.2, 0.25) is 5.91 Å². The molecule has 1 saturated heterocycles. The molecule has 1 aliphatic heterocycles. The fourth-order valence-corrected chi connectivity index (χ4v) is 9.56. The van der Waals surface area contributed by atoms with Gasteiger partial charge in [-0.1, -0.05) is 251 Å². The highest BCUT2D eigenvalue weighted by molar-refractivity contribution is 5.80. The molecule has 11 heteroatoms. The van der Waals surface area contributed by atoms with Crippen LogP contribution in [0.15, 0.2) is 12.2 Å². The molecule has 0 radical (unpaired) electrons. The Kier molecular flexibility index (Phi) is 44.7. The summed E-state index contributed by atoms with van der Waals surface area (Å²) in [5, 5.41) is 76.0. The Balaban J connectivity index is 2.22. The van der Waals surface area contributed by atoms with Crippen LogP contribution in [-0.2, 0) is 14.3 Å². The summed E-state index contributed by atoms with van der Waals surface area (Å²) < 4.78 is 11.1. The Morgan fingerprint density at radius 2 is 0.853 bits per heavy atom. The first-order chi connectivity index (χ1) is 33.2. The number of nitrogens with one attached hydrogen (secondary N) is 1. The van der Waals surface area contributed by atoms with Gasteiger partial charge in [-0.3, -0.25) is 4.79 Å². The van der Waals surface area contributed by atoms with Crippen molar-refractivity contribution in [3.63, 3.8) is 0 Å². The average Bonchev–Trinajstić information content (AvgIpc) is 3.34. The molecule has 9 atom stereocenters. The zero-order valence-corrected chi connectivity index (χ0v) is 44.1. The normalized spacial score (nSPS) is 20.5. The Bertz CT molecular complexity index is 1110. The van der Waals surface area contributed by atoms with Crippen LogP contribution in [0.2, 0.25) is 0 Å². The van der Waals surface area contributed by atoms with Crippen LogP contribution in [-0.4, -0.2) is 110 Å². The van der Waals surface area contributed by atoms with Crippen molar-refractivity contribution < 1.29 is 50.0 Å². The summed E-state index contributed by atoms with van der Waals surface area (Å²) in [4.78, 5) is 13.2. The molecule has 9 unspecified atom stereocenters. The van der Waals surface area contributed by atoms with Crippen LogP contribution < -0.4 is 5.32 Å². The predicted molar refractivity (Wildman–Crippen MR) is 279 cm³/mol. The second kappa shape index (κ2) is 46.9. The average molecular weight is 971 g/mol. The van der Waals surface area contributed by atoms with E-state index in [0.717, 1.165) is 38.5 Å². The van der Waals surface area contributed by atoms with Gasteiger partial charge in [-0.15, -0.1) is 0 Å². The lowest BCUT2D eigenvalue weighted by Crippen LogP contribution is -2.60. The van der Waals surface area contributed by atoms with E-state index < -0.39 is 74.2 Å². The molecular weight excluding hydrogens is 859 g/mol. The largest absolute Gasteiger partial charge is 0.394 e. The van der Waals surface area contributed by atoms with Crippen molar-refractivity contribution in [1.82, 2.24) is 5.32 Å². The fraction of sp³-hybridized carbons (Fsp3) is 0.947. The van der Waals surface area contributed by atoms with Crippen molar-refractivity contribution in [1.29, 1.82) is 0 Å². The number of hydrogen-bond acceptors (Lipinski definition) is 10. The predicted octanol–water partition coefficient (Wildman–Crippen LogP) is 12.0. The third-order valence-corrected chi connectivity index (χ3v) is 14.3. The summed E-state index contributed by atoms with van der Waals surface area (Å²) in [5.41, 5.74) is 0. The van der Waals surface area contributed by atoms with Gasteiger partial charge in [0, 0.05) is 0 Å². The molecule has 1 aliphatic rings. The summed E-state index contributed by atoms with van der Waals surface area (Å²) >= 11 is 0. The van der Waals surface area contributed by atoms with Gasteiger partial charge in [0.25, 0.3) is 0 Å². The number of aliphatic hydroxyl groups is 7. The van der Waals surface area contributed by atoms with Crippen molar-refractivity contribution in [2.24, 2.45) is 0 Å². The van der Waals surface area contributed by atoms with E-state index in [1.807, 2.05) is 0 Å².